The molecule has 1 nitrogen and oxygen atoms in total. The van der Waals surface area contributed by atoms with Crippen LogP contribution >= 0.6 is 0 Å². The zero-order valence-corrected chi connectivity index (χ0v) is 11.2. The highest BCUT2D eigenvalue weighted by Crippen LogP contribution is 2.24. The summed E-state index contributed by atoms with van der Waals surface area (Å²) in [5.74, 6) is 0. The van der Waals surface area contributed by atoms with E-state index in [0.29, 0.717) is 0 Å². The summed E-state index contributed by atoms with van der Waals surface area (Å²) in [6.45, 7) is 5.67. The predicted molar refractivity (Wildman–Crippen MR) is 72.5 cm³/mol. The Morgan fingerprint density at radius 3 is 2.56 bits per heavy atom. The van der Waals surface area contributed by atoms with Gasteiger partial charge in [0.05, 0.1) is 0 Å². The van der Waals surface area contributed by atoms with E-state index in [4.69, 9.17) is 0 Å². The lowest BCUT2D eigenvalue weighted by Crippen LogP contribution is -2.12. The van der Waals surface area contributed by atoms with Crippen molar-refractivity contribution < 1.29 is 0 Å². The normalized spacial score (nSPS) is 18.7. The number of hydrogen-bond donors (Lipinski definition) is 0. The van der Waals surface area contributed by atoms with Gasteiger partial charge in [0.2, 0.25) is 0 Å². The maximum Gasteiger partial charge on any atom is 0.00107 e. The van der Waals surface area contributed by atoms with Crippen LogP contribution in [0.2, 0.25) is 0 Å². The molecule has 0 aromatic rings. The second-order valence-electron chi connectivity index (χ2n) is 5.52. The van der Waals surface area contributed by atoms with Crippen molar-refractivity contribution in [2.45, 2.75) is 33.1 Å². The van der Waals surface area contributed by atoms with Gasteiger partial charge in [-0.05, 0) is 45.5 Å². The van der Waals surface area contributed by atoms with Crippen LogP contribution in [0, 0.1) is 5.41 Å². The van der Waals surface area contributed by atoms with Gasteiger partial charge in [-0.15, -0.1) is 0 Å². The third kappa shape index (κ3) is 5.32. The van der Waals surface area contributed by atoms with Crippen LogP contribution in [0.4, 0.5) is 0 Å². The van der Waals surface area contributed by atoms with Crippen molar-refractivity contribution in [2.75, 3.05) is 20.6 Å². The van der Waals surface area contributed by atoms with Gasteiger partial charge in [0.25, 0.3) is 0 Å². The van der Waals surface area contributed by atoms with Crippen molar-refractivity contribution in [1.82, 2.24) is 4.90 Å². The van der Waals surface area contributed by atoms with Crippen LogP contribution < -0.4 is 0 Å². The molecule has 0 amide bonds. The number of hydrogen-bond acceptors (Lipinski definition) is 1. The summed E-state index contributed by atoms with van der Waals surface area (Å²) in [7, 11) is 4.27. The molecular formula is C15H25N. The molecule has 0 spiro atoms. The van der Waals surface area contributed by atoms with Crippen molar-refractivity contribution in [1.29, 1.82) is 0 Å². The summed E-state index contributed by atoms with van der Waals surface area (Å²) in [5, 5.41) is 0. The summed E-state index contributed by atoms with van der Waals surface area (Å²) < 4.78 is 0. The van der Waals surface area contributed by atoms with Gasteiger partial charge in [0, 0.05) is 5.41 Å². The molecule has 0 fully saturated rings. The third-order valence-corrected chi connectivity index (χ3v) is 2.88. The van der Waals surface area contributed by atoms with Crippen molar-refractivity contribution in [2.24, 2.45) is 5.41 Å². The highest BCUT2D eigenvalue weighted by molar-refractivity contribution is 5.30. The Morgan fingerprint density at radius 1 is 1.12 bits per heavy atom. The summed E-state index contributed by atoms with van der Waals surface area (Å²) in [4.78, 5) is 2.25. The van der Waals surface area contributed by atoms with Gasteiger partial charge in [-0.1, -0.05) is 44.2 Å². The molecular weight excluding hydrogens is 194 g/mol. The summed E-state index contributed by atoms with van der Waals surface area (Å²) in [6, 6.07) is 0. The topological polar surface area (TPSA) is 3.24 Å². The van der Waals surface area contributed by atoms with Crippen molar-refractivity contribution >= 4 is 0 Å². The maximum absolute atomic E-state index is 2.30. The Labute approximate surface area is 101 Å². The van der Waals surface area contributed by atoms with Crippen LogP contribution in [0.5, 0.6) is 0 Å². The Balaban J connectivity index is 2.34. The summed E-state index contributed by atoms with van der Waals surface area (Å²) >= 11 is 0. The van der Waals surface area contributed by atoms with Crippen LogP contribution in [-0.2, 0) is 0 Å². The predicted octanol–water partition coefficient (Wildman–Crippen LogP) is 3.80. The molecule has 0 aromatic carbocycles. The quantitative estimate of drug-likeness (QED) is 0.636. The third-order valence-electron chi connectivity index (χ3n) is 2.88. The number of rotatable bonds is 5. The van der Waals surface area contributed by atoms with E-state index in [0.717, 1.165) is 0 Å². The Hall–Kier alpha value is -0.820. The molecule has 90 valence electrons. The molecule has 0 radical (unpaired) electrons. The lowest BCUT2D eigenvalue weighted by molar-refractivity contribution is 0.394. The molecule has 1 aliphatic carbocycles. The highest BCUT2D eigenvalue weighted by atomic mass is 15.0. The highest BCUT2D eigenvalue weighted by Gasteiger charge is 2.10. The first kappa shape index (κ1) is 13.2. The van der Waals surface area contributed by atoms with E-state index < -0.39 is 0 Å². The zero-order valence-electron chi connectivity index (χ0n) is 11.2. The molecule has 1 rings (SSSR count). The summed E-state index contributed by atoms with van der Waals surface area (Å²) in [5.41, 5.74) is 1.67. The lowest BCUT2D eigenvalue weighted by atomic mass is 9.93. The first-order valence-electron chi connectivity index (χ1n) is 6.22. The molecule has 0 aromatic heterocycles. The van der Waals surface area contributed by atoms with Gasteiger partial charge in [-0.3, -0.25) is 0 Å². The molecule has 1 heteroatoms. The molecule has 0 heterocycles. The van der Waals surface area contributed by atoms with Crippen LogP contribution in [-0.4, -0.2) is 25.5 Å². The van der Waals surface area contributed by atoms with E-state index in [1.54, 1.807) is 0 Å². The van der Waals surface area contributed by atoms with Crippen molar-refractivity contribution in [3.05, 3.63) is 36.0 Å². The SMILES string of the molecule is CN(C)CCCCC1=CC=CC(C)(C)C=C1. The largest absolute Gasteiger partial charge is 0.309 e. The monoisotopic (exact) mass is 219 g/mol. The second-order valence-corrected chi connectivity index (χ2v) is 5.52. The fourth-order valence-corrected chi connectivity index (χ4v) is 1.78. The van der Waals surface area contributed by atoms with Gasteiger partial charge in [-0.2, -0.15) is 0 Å². The maximum atomic E-state index is 2.30. The molecule has 1 aliphatic rings. The second kappa shape index (κ2) is 6.05. The van der Waals surface area contributed by atoms with E-state index in [9.17, 15) is 0 Å². The van der Waals surface area contributed by atoms with E-state index in [1.807, 2.05) is 0 Å². The number of unbranched alkanes of at least 4 members (excludes halogenated alkanes) is 1. The minimum Gasteiger partial charge on any atom is -0.309 e. The number of allylic oxidation sites excluding steroid dienone is 6. The average Bonchev–Trinajstić information content (AvgIpc) is 2.34. The first-order valence-corrected chi connectivity index (χ1v) is 6.22. The Morgan fingerprint density at radius 2 is 1.88 bits per heavy atom. The molecule has 0 atom stereocenters. The van der Waals surface area contributed by atoms with E-state index in [1.165, 1.54) is 31.4 Å². The van der Waals surface area contributed by atoms with E-state index >= 15 is 0 Å². The van der Waals surface area contributed by atoms with E-state index in [2.05, 4.69) is 63.2 Å². The van der Waals surface area contributed by atoms with Crippen LogP contribution in [0.15, 0.2) is 36.0 Å². The zero-order chi connectivity index (χ0) is 12.0. The fraction of sp³-hybridized carbons (Fsp3) is 0.600. The fourth-order valence-electron chi connectivity index (χ4n) is 1.78. The van der Waals surface area contributed by atoms with Crippen LogP contribution in [0.1, 0.15) is 33.1 Å². The van der Waals surface area contributed by atoms with E-state index in [-0.39, 0.29) is 5.41 Å². The van der Waals surface area contributed by atoms with Gasteiger partial charge in [0.1, 0.15) is 0 Å². The molecule has 0 bridgehead atoms. The van der Waals surface area contributed by atoms with Crippen LogP contribution in [0.25, 0.3) is 0 Å². The lowest BCUT2D eigenvalue weighted by Gasteiger charge is -2.12. The number of nitrogens with zero attached hydrogens (tertiary/aromatic N) is 1. The van der Waals surface area contributed by atoms with Crippen molar-refractivity contribution in [3.63, 3.8) is 0 Å². The smallest absolute Gasteiger partial charge is 0.00107 e. The van der Waals surface area contributed by atoms with Gasteiger partial charge in [0.15, 0.2) is 0 Å². The summed E-state index contributed by atoms with van der Waals surface area (Å²) in [6.07, 6.45) is 15.1. The molecule has 0 unspecified atom stereocenters. The Kier molecular flexibility index (Phi) is 5.01. The molecule has 0 saturated carbocycles. The first-order chi connectivity index (χ1) is 7.49. The molecule has 16 heavy (non-hydrogen) atoms. The Bertz CT molecular complexity index is 293. The molecule has 0 aliphatic heterocycles. The average molecular weight is 219 g/mol. The van der Waals surface area contributed by atoms with Crippen molar-refractivity contribution in [3.8, 4) is 0 Å². The van der Waals surface area contributed by atoms with Gasteiger partial charge < -0.3 is 4.90 Å². The van der Waals surface area contributed by atoms with Crippen LogP contribution in [0.3, 0.4) is 0 Å². The molecule has 0 N–H and O–H groups in total. The molecule has 0 saturated heterocycles. The van der Waals surface area contributed by atoms with Gasteiger partial charge in [-0.25, -0.2) is 0 Å². The minimum absolute atomic E-state index is 0.210. The standard InChI is InChI=1S/C15H25N/c1-15(2)11-7-9-14(10-12-15)8-5-6-13-16(3)4/h7,9-12H,5-6,8,13H2,1-4H3. The van der Waals surface area contributed by atoms with Gasteiger partial charge >= 0.3 is 0 Å². The minimum atomic E-state index is 0.210.